The van der Waals surface area contributed by atoms with Gasteiger partial charge in [0.2, 0.25) is 11.8 Å². The number of piperidine rings is 1. The van der Waals surface area contributed by atoms with Crippen LogP contribution in [0, 0.1) is 11.8 Å². The number of aromatic nitrogens is 1. The zero-order valence-corrected chi connectivity index (χ0v) is 17.0. The van der Waals surface area contributed by atoms with Crippen molar-refractivity contribution in [2.75, 3.05) is 31.6 Å². The number of likely N-dealkylation sites (tertiary alicyclic amines) is 1. The summed E-state index contributed by atoms with van der Waals surface area (Å²) in [4.78, 5) is 31.7. The highest BCUT2D eigenvalue weighted by atomic mass is 16.5. The summed E-state index contributed by atoms with van der Waals surface area (Å²) in [5.74, 6) is 1.04. The van der Waals surface area contributed by atoms with E-state index in [9.17, 15) is 9.59 Å². The Balaban J connectivity index is 1.39. The van der Waals surface area contributed by atoms with Gasteiger partial charge in [0.1, 0.15) is 5.75 Å². The molecule has 4 rings (SSSR count). The molecule has 2 aliphatic heterocycles. The molecule has 0 aliphatic carbocycles. The van der Waals surface area contributed by atoms with Gasteiger partial charge in [-0.05, 0) is 49.9 Å². The number of benzene rings is 1. The van der Waals surface area contributed by atoms with Gasteiger partial charge in [-0.3, -0.25) is 14.6 Å². The maximum Gasteiger partial charge on any atom is 0.229 e. The molecule has 0 radical (unpaired) electrons. The van der Waals surface area contributed by atoms with E-state index >= 15 is 0 Å². The van der Waals surface area contributed by atoms with E-state index in [2.05, 4.69) is 10.3 Å². The number of nitrogens with zero attached hydrogens (tertiary/aromatic N) is 2. The zero-order valence-electron chi connectivity index (χ0n) is 17.0. The van der Waals surface area contributed by atoms with Crippen LogP contribution in [0.25, 0.3) is 0 Å². The van der Waals surface area contributed by atoms with Gasteiger partial charge in [0, 0.05) is 38.4 Å². The molecule has 2 aromatic rings. The van der Waals surface area contributed by atoms with Crippen molar-refractivity contribution in [2.45, 2.75) is 25.7 Å². The molecule has 1 atom stereocenters. The summed E-state index contributed by atoms with van der Waals surface area (Å²) in [5, 5.41) is 3.00. The molecule has 0 spiro atoms. The summed E-state index contributed by atoms with van der Waals surface area (Å²) in [6, 6.07) is 10.9. The molecule has 0 unspecified atom stereocenters. The first kappa shape index (κ1) is 20.3. The van der Waals surface area contributed by atoms with Crippen molar-refractivity contribution in [3.05, 3.63) is 48.8 Å². The number of rotatable bonds is 5. The second-order valence-corrected chi connectivity index (χ2v) is 7.79. The Morgan fingerprint density at radius 1 is 1.07 bits per heavy atom. The average molecular weight is 409 g/mol. The molecule has 2 saturated heterocycles. The third kappa shape index (κ3) is 4.97. The number of ether oxygens (including phenoxy) is 2. The van der Waals surface area contributed by atoms with Gasteiger partial charge in [-0.1, -0.05) is 12.1 Å². The van der Waals surface area contributed by atoms with E-state index in [0.717, 1.165) is 32.2 Å². The maximum absolute atomic E-state index is 13.0. The molecule has 0 bridgehead atoms. The van der Waals surface area contributed by atoms with Gasteiger partial charge in [0.15, 0.2) is 5.75 Å². The fraction of sp³-hybridized carbons (Fsp3) is 0.435. The van der Waals surface area contributed by atoms with Crippen molar-refractivity contribution in [3.63, 3.8) is 0 Å². The number of nitrogens with one attached hydrogen (secondary N) is 1. The van der Waals surface area contributed by atoms with Gasteiger partial charge in [-0.2, -0.15) is 0 Å². The molecule has 2 fully saturated rings. The van der Waals surface area contributed by atoms with E-state index in [1.165, 1.54) is 0 Å². The lowest BCUT2D eigenvalue weighted by Crippen LogP contribution is -2.46. The highest BCUT2D eigenvalue weighted by Gasteiger charge is 2.32. The van der Waals surface area contributed by atoms with E-state index in [-0.39, 0.29) is 23.7 Å². The van der Waals surface area contributed by atoms with Crippen LogP contribution in [0.15, 0.2) is 48.8 Å². The summed E-state index contributed by atoms with van der Waals surface area (Å²) in [6.07, 6.45) is 6.45. The molecule has 7 nitrogen and oxygen atoms in total. The monoisotopic (exact) mass is 409 g/mol. The van der Waals surface area contributed by atoms with E-state index in [0.29, 0.717) is 36.9 Å². The number of hydrogen-bond donors (Lipinski definition) is 1. The number of carbonyl (C=O) groups excluding carboxylic acids is 2. The van der Waals surface area contributed by atoms with Crippen LogP contribution >= 0.6 is 0 Å². The Kier molecular flexibility index (Phi) is 6.59. The van der Waals surface area contributed by atoms with Gasteiger partial charge in [-0.25, -0.2) is 0 Å². The average Bonchev–Trinajstić information content (AvgIpc) is 2.81. The van der Waals surface area contributed by atoms with Crippen molar-refractivity contribution in [1.29, 1.82) is 0 Å². The second kappa shape index (κ2) is 9.71. The highest BCUT2D eigenvalue weighted by molar-refractivity contribution is 5.94. The Bertz CT molecular complexity index is 868. The lowest BCUT2D eigenvalue weighted by Gasteiger charge is -2.35. The van der Waals surface area contributed by atoms with Crippen molar-refractivity contribution in [2.24, 2.45) is 11.8 Å². The third-order valence-corrected chi connectivity index (χ3v) is 5.68. The van der Waals surface area contributed by atoms with Crippen LogP contribution < -0.4 is 10.1 Å². The zero-order chi connectivity index (χ0) is 20.8. The smallest absolute Gasteiger partial charge is 0.229 e. The van der Waals surface area contributed by atoms with Crippen molar-refractivity contribution < 1.29 is 19.1 Å². The second-order valence-electron chi connectivity index (χ2n) is 7.79. The fourth-order valence-corrected chi connectivity index (χ4v) is 4.02. The summed E-state index contributed by atoms with van der Waals surface area (Å²) in [6.45, 7) is 2.47. The van der Waals surface area contributed by atoms with Crippen LogP contribution in [0.4, 0.5) is 5.69 Å². The molecule has 2 aliphatic rings. The molecule has 3 heterocycles. The van der Waals surface area contributed by atoms with Crippen molar-refractivity contribution in [1.82, 2.24) is 9.88 Å². The number of carbonyl (C=O) groups is 2. The van der Waals surface area contributed by atoms with Crippen LogP contribution in [0.2, 0.25) is 0 Å². The topological polar surface area (TPSA) is 80.8 Å². The first-order valence-corrected chi connectivity index (χ1v) is 10.5. The Labute approximate surface area is 176 Å². The van der Waals surface area contributed by atoms with Crippen LogP contribution in [-0.2, 0) is 14.3 Å². The number of pyridine rings is 1. The van der Waals surface area contributed by atoms with Gasteiger partial charge in [0.25, 0.3) is 0 Å². The largest absolute Gasteiger partial charge is 0.454 e. The van der Waals surface area contributed by atoms with Gasteiger partial charge in [0.05, 0.1) is 17.8 Å². The Morgan fingerprint density at radius 3 is 2.70 bits per heavy atom. The number of anilines is 1. The van der Waals surface area contributed by atoms with Gasteiger partial charge in [-0.15, -0.1) is 0 Å². The molecule has 2 amide bonds. The number of para-hydroxylation sites is 2. The summed E-state index contributed by atoms with van der Waals surface area (Å²) in [7, 11) is 0. The lowest BCUT2D eigenvalue weighted by atomic mass is 9.93. The van der Waals surface area contributed by atoms with E-state index in [4.69, 9.17) is 9.47 Å². The van der Waals surface area contributed by atoms with E-state index in [1.807, 2.05) is 35.2 Å². The number of amides is 2. The first-order valence-electron chi connectivity index (χ1n) is 10.5. The molecule has 1 aromatic heterocycles. The fourth-order valence-electron chi connectivity index (χ4n) is 4.02. The van der Waals surface area contributed by atoms with E-state index in [1.54, 1.807) is 18.5 Å². The van der Waals surface area contributed by atoms with Gasteiger partial charge < -0.3 is 19.7 Å². The summed E-state index contributed by atoms with van der Waals surface area (Å²) in [5.41, 5.74) is 0.610. The molecule has 1 aromatic carbocycles. The minimum Gasteiger partial charge on any atom is -0.454 e. The van der Waals surface area contributed by atoms with Crippen molar-refractivity contribution in [3.8, 4) is 11.5 Å². The summed E-state index contributed by atoms with van der Waals surface area (Å²) < 4.78 is 11.2. The molecule has 7 heteroatoms. The molecule has 0 saturated carbocycles. The van der Waals surface area contributed by atoms with Gasteiger partial charge >= 0.3 is 0 Å². The molecular formula is C23H27N3O4. The maximum atomic E-state index is 13.0. The normalized spacial score (nSPS) is 19.9. The SMILES string of the molecule is O=C(Nc1ccccc1Oc1cccnc1)[C@@H]1CCCN(C(=O)C2CCOCC2)C1. The predicted molar refractivity (Wildman–Crippen MR) is 112 cm³/mol. The highest BCUT2D eigenvalue weighted by Crippen LogP contribution is 2.30. The Hall–Kier alpha value is -2.93. The van der Waals surface area contributed by atoms with Crippen LogP contribution in [-0.4, -0.2) is 48.0 Å². The quantitative estimate of drug-likeness (QED) is 0.818. The third-order valence-electron chi connectivity index (χ3n) is 5.68. The molecule has 1 N–H and O–H groups in total. The Morgan fingerprint density at radius 2 is 1.90 bits per heavy atom. The van der Waals surface area contributed by atoms with Crippen LogP contribution in [0.1, 0.15) is 25.7 Å². The van der Waals surface area contributed by atoms with Crippen molar-refractivity contribution >= 4 is 17.5 Å². The summed E-state index contributed by atoms with van der Waals surface area (Å²) >= 11 is 0. The molecule has 158 valence electrons. The molecule has 30 heavy (non-hydrogen) atoms. The number of hydrogen-bond acceptors (Lipinski definition) is 5. The standard InChI is InChI=1S/C23H27N3O4/c27-22(18-5-4-12-26(16-18)23(28)17-9-13-29-14-10-17)25-20-7-1-2-8-21(20)30-19-6-3-11-24-15-19/h1-3,6-8,11,15,17-18H,4-5,9-10,12-14,16H2,(H,25,27)/t18-/m1/s1. The predicted octanol–water partition coefficient (Wildman–Crippen LogP) is 3.48. The first-order chi connectivity index (χ1) is 14.7. The molecular weight excluding hydrogens is 382 g/mol. The van der Waals surface area contributed by atoms with Crippen LogP contribution in [0.5, 0.6) is 11.5 Å². The van der Waals surface area contributed by atoms with Crippen LogP contribution in [0.3, 0.4) is 0 Å². The lowest BCUT2D eigenvalue weighted by molar-refractivity contribution is -0.141. The minimum absolute atomic E-state index is 0.0224. The van der Waals surface area contributed by atoms with E-state index < -0.39 is 0 Å². The minimum atomic E-state index is -0.228.